The summed E-state index contributed by atoms with van der Waals surface area (Å²) in [6, 6.07) is 16.3. The van der Waals surface area contributed by atoms with E-state index in [1.165, 1.54) is 12.1 Å². The van der Waals surface area contributed by atoms with Crippen LogP contribution in [0.25, 0.3) is 22.0 Å². The van der Waals surface area contributed by atoms with Crippen LogP contribution in [0.1, 0.15) is 32.0 Å². The summed E-state index contributed by atoms with van der Waals surface area (Å²) in [5, 5.41) is 9.95. The predicted molar refractivity (Wildman–Crippen MR) is 116 cm³/mol. The van der Waals surface area contributed by atoms with E-state index in [2.05, 4.69) is 9.97 Å². The summed E-state index contributed by atoms with van der Waals surface area (Å²) in [6.07, 6.45) is 0. The summed E-state index contributed by atoms with van der Waals surface area (Å²) < 4.78 is 13.6. The fraction of sp³-hybridized carbons (Fsp3) is 0.0833. The Morgan fingerprint density at radius 2 is 1.69 bits per heavy atom. The van der Waals surface area contributed by atoms with Crippen molar-refractivity contribution in [1.29, 1.82) is 0 Å². The lowest BCUT2D eigenvalue weighted by Gasteiger charge is -2.17. The minimum atomic E-state index is -1.25. The first kappa shape index (κ1) is 19.6. The average molecular weight is 428 g/mol. The van der Waals surface area contributed by atoms with Crippen LogP contribution in [0.3, 0.4) is 0 Å². The van der Waals surface area contributed by atoms with Gasteiger partial charge in [-0.1, -0.05) is 36.4 Å². The number of nitrogen functional groups attached to an aromatic ring is 1. The number of carbonyl (C=O) groups excluding carboxylic acids is 1. The number of carbonyl (C=O) groups is 2. The highest BCUT2D eigenvalue weighted by molar-refractivity contribution is 6.06. The highest BCUT2D eigenvalue weighted by Crippen LogP contribution is 2.31. The highest BCUT2D eigenvalue weighted by Gasteiger charge is 2.27. The lowest BCUT2D eigenvalue weighted by molar-refractivity contribution is 0.0695. The van der Waals surface area contributed by atoms with Crippen molar-refractivity contribution in [2.45, 2.75) is 13.1 Å². The number of carboxylic acids is 1. The Hall–Kier alpha value is -4.33. The van der Waals surface area contributed by atoms with Crippen molar-refractivity contribution >= 4 is 28.7 Å². The molecule has 7 nitrogen and oxygen atoms in total. The van der Waals surface area contributed by atoms with Gasteiger partial charge in [0, 0.05) is 18.5 Å². The van der Waals surface area contributed by atoms with Gasteiger partial charge in [-0.05, 0) is 46.5 Å². The minimum Gasteiger partial charge on any atom is -0.478 e. The predicted octanol–water partition coefficient (Wildman–Crippen LogP) is 3.87. The number of hydrogen-bond donors (Lipinski definition) is 2. The molecule has 158 valence electrons. The van der Waals surface area contributed by atoms with Gasteiger partial charge < -0.3 is 15.7 Å². The van der Waals surface area contributed by atoms with Gasteiger partial charge in [0.15, 0.2) is 0 Å². The average Bonchev–Trinajstić information content (AvgIpc) is 3.22. The Morgan fingerprint density at radius 1 is 0.969 bits per heavy atom. The van der Waals surface area contributed by atoms with Gasteiger partial charge in [-0.25, -0.2) is 19.2 Å². The number of benzene rings is 3. The molecule has 1 aromatic heterocycles. The molecule has 0 fully saturated rings. The number of nitrogens with zero attached hydrogens (tertiary/aromatic N) is 3. The molecule has 8 heteroatoms. The van der Waals surface area contributed by atoms with E-state index in [4.69, 9.17) is 5.73 Å². The molecule has 32 heavy (non-hydrogen) atoms. The molecule has 2 heterocycles. The van der Waals surface area contributed by atoms with Gasteiger partial charge in [0.25, 0.3) is 5.91 Å². The lowest BCUT2D eigenvalue weighted by atomic mass is 9.97. The van der Waals surface area contributed by atoms with Crippen molar-refractivity contribution in [2.24, 2.45) is 0 Å². The minimum absolute atomic E-state index is 0.0293. The second-order valence-corrected chi connectivity index (χ2v) is 7.59. The zero-order chi connectivity index (χ0) is 22.4. The first-order valence-corrected chi connectivity index (χ1v) is 9.87. The number of rotatable bonds is 3. The molecule has 1 amide bonds. The monoisotopic (exact) mass is 428 g/mol. The second-order valence-electron chi connectivity index (χ2n) is 7.59. The maximum Gasteiger partial charge on any atom is 0.336 e. The first-order valence-electron chi connectivity index (χ1n) is 9.87. The molecule has 0 aliphatic carbocycles. The third kappa shape index (κ3) is 3.31. The number of aromatic nitrogens is 2. The number of nitrogens with two attached hydrogens (primary N) is 1. The van der Waals surface area contributed by atoms with Gasteiger partial charge in [-0.2, -0.15) is 0 Å². The molecular weight excluding hydrogens is 411 g/mol. The van der Waals surface area contributed by atoms with Crippen LogP contribution in [-0.2, 0) is 13.1 Å². The van der Waals surface area contributed by atoms with Crippen LogP contribution >= 0.6 is 0 Å². The zero-order valence-corrected chi connectivity index (χ0v) is 16.7. The molecule has 0 saturated heterocycles. The molecular formula is C24H17FN4O3. The van der Waals surface area contributed by atoms with Crippen LogP contribution in [0.15, 0.2) is 60.7 Å². The van der Waals surface area contributed by atoms with Crippen LogP contribution in [0.4, 0.5) is 10.3 Å². The molecule has 1 aliphatic heterocycles. The van der Waals surface area contributed by atoms with E-state index < -0.39 is 11.8 Å². The van der Waals surface area contributed by atoms with Gasteiger partial charge in [0.2, 0.25) is 5.95 Å². The van der Waals surface area contributed by atoms with Crippen molar-refractivity contribution in [3.8, 4) is 11.1 Å². The Kier molecular flexibility index (Phi) is 4.55. The number of carboxylic acid groups (broad SMARTS) is 1. The number of hydrogen-bond acceptors (Lipinski definition) is 5. The van der Waals surface area contributed by atoms with E-state index in [0.29, 0.717) is 35.1 Å². The van der Waals surface area contributed by atoms with Crippen molar-refractivity contribution in [3.63, 3.8) is 0 Å². The molecule has 0 radical (unpaired) electrons. The Bertz CT molecular complexity index is 1400. The van der Waals surface area contributed by atoms with Crippen molar-refractivity contribution in [1.82, 2.24) is 14.9 Å². The van der Waals surface area contributed by atoms with Crippen molar-refractivity contribution in [3.05, 3.63) is 88.9 Å². The maximum absolute atomic E-state index is 13.6. The van der Waals surface area contributed by atoms with E-state index >= 15 is 0 Å². The normalized spacial score (nSPS) is 12.7. The summed E-state index contributed by atoms with van der Waals surface area (Å²) in [5.74, 6) is -2.22. The van der Waals surface area contributed by atoms with Gasteiger partial charge >= 0.3 is 5.97 Å². The largest absolute Gasteiger partial charge is 0.478 e. The Balaban J connectivity index is 1.62. The number of fused-ring (bicyclic) bond motifs is 2. The van der Waals surface area contributed by atoms with E-state index in [-0.39, 0.29) is 23.1 Å². The Labute approximate surface area is 182 Å². The second kappa shape index (κ2) is 7.42. The van der Waals surface area contributed by atoms with Gasteiger partial charge in [0.05, 0.1) is 11.1 Å². The van der Waals surface area contributed by atoms with Crippen molar-refractivity contribution < 1.29 is 19.1 Å². The SMILES string of the molecule is Nc1nc(C(=O)N2Cc3ccccc3C2)c2cc(-c3ccc(F)cc3C(=O)O)ccc2n1. The summed E-state index contributed by atoms with van der Waals surface area (Å²) >= 11 is 0. The number of anilines is 1. The molecule has 0 saturated carbocycles. The smallest absolute Gasteiger partial charge is 0.336 e. The van der Waals surface area contributed by atoms with E-state index in [0.717, 1.165) is 17.2 Å². The first-order chi connectivity index (χ1) is 15.4. The van der Waals surface area contributed by atoms with E-state index in [9.17, 15) is 19.1 Å². The van der Waals surface area contributed by atoms with Crippen LogP contribution in [-0.4, -0.2) is 31.9 Å². The standard InChI is InChI=1S/C24H17FN4O3/c25-16-6-7-17(18(10-16)23(31)32)13-5-8-20-19(9-13)21(28-24(26)27-20)22(30)29-11-14-3-1-2-4-15(14)12-29/h1-10H,11-12H2,(H,31,32)(H2,26,27,28). The molecule has 0 spiro atoms. The van der Waals surface area contributed by atoms with Crippen LogP contribution in [0.2, 0.25) is 0 Å². The zero-order valence-electron chi connectivity index (χ0n) is 16.7. The van der Waals surface area contributed by atoms with E-state index in [1.54, 1.807) is 23.1 Å². The number of amides is 1. The molecule has 4 aromatic rings. The summed E-state index contributed by atoms with van der Waals surface area (Å²) in [4.78, 5) is 35.1. The quantitative estimate of drug-likeness (QED) is 0.513. The number of aromatic carboxylic acids is 1. The third-order valence-corrected chi connectivity index (χ3v) is 5.57. The highest BCUT2D eigenvalue weighted by atomic mass is 19.1. The summed E-state index contributed by atoms with van der Waals surface area (Å²) in [6.45, 7) is 0.919. The lowest BCUT2D eigenvalue weighted by Crippen LogP contribution is -2.27. The molecule has 3 N–H and O–H groups in total. The fourth-order valence-corrected chi connectivity index (χ4v) is 4.05. The maximum atomic E-state index is 13.6. The van der Waals surface area contributed by atoms with E-state index in [1.807, 2.05) is 24.3 Å². The topological polar surface area (TPSA) is 109 Å². The molecule has 5 rings (SSSR count). The van der Waals surface area contributed by atoms with Crippen LogP contribution < -0.4 is 5.73 Å². The third-order valence-electron chi connectivity index (χ3n) is 5.57. The molecule has 0 bridgehead atoms. The van der Waals surface area contributed by atoms with Crippen LogP contribution in [0, 0.1) is 5.82 Å². The van der Waals surface area contributed by atoms with Gasteiger partial charge in [0.1, 0.15) is 11.5 Å². The number of halogens is 1. The molecule has 1 aliphatic rings. The van der Waals surface area contributed by atoms with Gasteiger partial charge in [-0.15, -0.1) is 0 Å². The van der Waals surface area contributed by atoms with Gasteiger partial charge in [-0.3, -0.25) is 4.79 Å². The molecule has 0 unspecified atom stereocenters. The fourth-order valence-electron chi connectivity index (χ4n) is 4.05. The summed E-state index contributed by atoms with van der Waals surface area (Å²) in [7, 11) is 0. The summed E-state index contributed by atoms with van der Waals surface area (Å²) in [5.41, 5.74) is 9.26. The van der Waals surface area contributed by atoms with Crippen molar-refractivity contribution in [2.75, 3.05) is 5.73 Å². The molecule has 0 atom stereocenters. The Morgan fingerprint density at radius 3 is 2.38 bits per heavy atom. The van der Waals surface area contributed by atoms with Crippen LogP contribution in [0.5, 0.6) is 0 Å². The molecule has 3 aromatic carbocycles.